The third kappa shape index (κ3) is 4.39. The van der Waals surface area contributed by atoms with Gasteiger partial charge in [0.25, 0.3) is 0 Å². The van der Waals surface area contributed by atoms with E-state index >= 15 is 0 Å². The molecule has 4 nitrogen and oxygen atoms in total. The van der Waals surface area contributed by atoms with Gasteiger partial charge >= 0.3 is 0 Å². The molecule has 1 aliphatic heterocycles. The standard InChI is InChI=1S/C16H26N2O2/c1-13-12-14(8-10-18(13)2)17-9-11-20-16-6-4-15(19-3)5-7-16/h4-7,13-14,17H,8-12H2,1-3H3. The zero-order chi connectivity index (χ0) is 14.4. The van der Waals surface area contributed by atoms with Crippen molar-refractivity contribution in [2.75, 3.05) is 33.9 Å². The first-order chi connectivity index (χ1) is 9.69. The molecule has 0 radical (unpaired) electrons. The summed E-state index contributed by atoms with van der Waals surface area (Å²) in [6.45, 7) is 5.07. The third-order valence-electron chi connectivity index (χ3n) is 4.07. The summed E-state index contributed by atoms with van der Waals surface area (Å²) < 4.78 is 10.8. The number of ether oxygens (including phenoxy) is 2. The van der Waals surface area contributed by atoms with Crippen LogP contribution in [0.3, 0.4) is 0 Å². The Morgan fingerprint density at radius 3 is 2.60 bits per heavy atom. The summed E-state index contributed by atoms with van der Waals surface area (Å²) in [5, 5.41) is 3.59. The largest absolute Gasteiger partial charge is 0.497 e. The molecule has 1 aromatic rings. The molecule has 4 heteroatoms. The Labute approximate surface area is 122 Å². The van der Waals surface area contributed by atoms with Gasteiger partial charge in [-0.05, 0) is 57.6 Å². The summed E-state index contributed by atoms with van der Waals surface area (Å²) in [6, 6.07) is 9.01. The average Bonchev–Trinajstić information content (AvgIpc) is 2.48. The van der Waals surface area contributed by atoms with Crippen molar-refractivity contribution in [1.29, 1.82) is 0 Å². The van der Waals surface area contributed by atoms with Crippen molar-refractivity contribution in [3.63, 3.8) is 0 Å². The van der Waals surface area contributed by atoms with Gasteiger partial charge in [0.05, 0.1) is 7.11 Å². The Kier molecular flexibility index (Phi) is 5.68. The van der Waals surface area contributed by atoms with Gasteiger partial charge in [-0.2, -0.15) is 0 Å². The molecule has 0 bridgehead atoms. The maximum Gasteiger partial charge on any atom is 0.119 e. The predicted octanol–water partition coefficient (Wildman–Crippen LogP) is 2.15. The van der Waals surface area contributed by atoms with Crippen molar-refractivity contribution >= 4 is 0 Å². The molecule has 112 valence electrons. The van der Waals surface area contributed by atoms with Crippen LogP contribution in [-0.4, -0.2) is 50.8 Å². The molecule has 0 aromatic heterocycles. The van der Waals surface area contributed by atoms with Crippen molar-refractivity contribution in [3.05, 3.63) is 24.3 Å². The van der Waals surface area contributed by atoms with E-state index in [1.807, 2.05) is 24.3 Å². The average molecular weight is 278 g/mol. The van der Waals surface area contributed by atoms with E-state index in [4.69, 9.17) is 9.47 Å². The number of benzene rings is 1. The van der Waals surface area contributed by atoms with Crippen molar-refractivity contribution < 1.29 is 9.47 Å². The highest BCUT2D eigenvalue weighted by molar-refractivity contribution is 5.31. The Balaban J connectivity index is 1.63. The van der Waals surface area contributed by atoms with Crippen LogP contribution in [0, 0.1) is 0 Å². The van der Waals surface area contributed by atoms with E-state index < -0.39 is 0 Å². The number of hydrogen-bond acceptors (Lipinski definition) is 4. The summed E-state index contributed by atoms with van der Waals surface area (Å²) in [4.78, 5) is 2.42. The molecule has 0 aliphatic carbocycles. The van der Waals surface area contributed by atoms with E-state index in [1.54, 1.807) is 7.11 Å². The molecule has 2 rings (SSSR count). The van der Waals surface area contributed by atoms with Crippen LogP contribution < -0.4 is 14.8 Å². The van der Waals surface area contributed by atoms with Gasteiger partial charge in [-0.25, -0.2) is 0 Å². The van der Waals surface area contributed by atoms with Crippen LogP contribution in [0.1, 0.15) is 19.8 Å². The molecular formula is C16H26N2O2. The maximum atomic E-state index is 5.72. The Morgan fingerprint density at radius 2 is 1.95 bits per heavy atom. The van der Waals surface area contributed by atoms with Crippen LogP contribution >= 0.6 is 0 Å². The molecule has 1 fully saturated rings. The number of methoxy groups -OCH3 is 1. The minimum atomic E-state index is 0.626. The first kappa shape index (κ1) is 15.1. The molecule has 1 aromatic carbocycles. The molecule has 20 heavy (non-hydrogen) atoms. The molecule has 0 amide bonds. The van der Waals surface area contributed by atoms with Crippen LogP contribution in [-0.2, 0) is 0 Å². The van der Waals surface area contributed by atoms with Crippen molar-refractivity contribution in [2.24, 2.45) is 0 Å². The fourth-order valence-corrected chi connectivity index (χ4v) is 2.58. The second-order valence-electron chi connectivity index (χ2n) is 5.53. The lowest BCUT2D eigenvalue weighted by Gasteiger charge is -2.35. The van der Waals surface area contributed by atoms with E-state index in [9.17, 15) is 0 Å². The van der Waals surface area contributed by atoms with Crippen molar-refractivity contribution in [3.8, 4) is 11.5 Å². The normalized spacial score (nSPS) is 23.6. The van der Waals surface area contributed by atoms with Gasteiger partial charge in [-0.1, -0.05) is 0 Å². The molecule has 0 spiro atoms. The van der Waals surface area contributed by atoms with Crippen LogP contribution in [0.5, 0.6) is 11.5 Å². The van der Waals surface area contributed by atoms with Gasteiger partial charge in [0.2, 0.25) is 0 Å². The van der Waals surface area contributed by atoms with Gasteiger partial charge < -0.3 is 19.7 Å². The van der Waals surface area contributed by atoms with Crippen LogP contribution in [0.15, 0.2) is 24.3 Å². The fraction of sp³-hybridized carbons (Fsp3) is 0.625. The number of rotatable bonds is 6. The van der Waals surface area contributed by atoms with Gasteiger partial charge in [0.1, 0.15) is 18.1 Å². The number of piperidine rings is 1. The topological polar surface area (TPSA) is 33.7 Å². The quantitative estimate of drug-likeness (QED) is 0.809. The molecule has 1 aliphatic rings. The second kappa shape index (κ2) is 7.50. The van der Waals surface area contributed by atoms with Crippen molar-refractivity contribution in [1.82, 2.24) is 10.2 Å². The van der Waals surface area contributed by atoms with E-state index in [0.29, 0.717) is 18.7 Å². The lowest BCUT2D eigenvalue weighted by molar-refractivity contribution is 0.165. The lowest BCUT2D eigenvalue weighted by atomic mass is 9.99. The minimum absolute atomic E-state index is 0.626. The maximum absolute atomic E-state index is 5.72. The second-order valence-corrected chi connectivity index (χ2v) is 5.53. The molecule has 1 saturated heterocycles. The molecular weight excluding hydrogens is 252 g/mol. The highest BCUT2D eigenvalue weighted by Crippen LogP contribution is 2.17. The van der Waals surface area contributed by atoms with Crippen LogP contribution in [0.25, 0.3) is 0 Å². The lowest BCUT2D eigenvalue weighted by Crippen LogP contribution is -2.46. The molecule has 1 heterocycles. The summed E-state index contributed by atoms with van der Waals surface area (Å²) in [5.74, 6) is 1.75. The summed E-state index contributed by atoms with van der Waals surface area (Å²) in [7, 11) is 3.87. The number of nitrogens with zero attached hydrogens (tertiary/aromatic N) is 1. The molecule has 1 N–H and O–H groups in total. The number of hydrogen-bond donors (Lipinski definition) is 1. The monoisotopic (exact) mass is 278 g/mol. The Morgan fingerprint density at radius 1 is 1.25 bits per heavy atom. The first-order valence-corrected chi connectivity index (χ1v) is 7.39. The molecule has 2 unspecified atom stereocenters. The number of nitrogens with one attached hydrogen (secondary N) is 1. The molecule has 0 saturated carbocycles. The van der Waals surface area contributed by atoms with E-state index in [2.05, 4.69) is 24.2 Å². The third-order valence-corrected chi connectivity index (χ3v) is 4.07. The fourth-order valence-electron chi connectivity index (χ4n) is 2.58. The van der Waals surface area contributed by atoms with E-state index in [-0.39, 0.29) is 0 Å². The molecule has 2 atom stereocenters. The number of likely N-dealkylation sites (tertiary alicyclic amines) is 1. The van der Waals surface area contributed by atoms with E-state index in [1.165, 1.54) is 19.4 Å². The first-order valence-electron chi connectivity index (χ1n) is 7.39. The smallest absolute Gasteiger partial charge is 0.119 e. The summed E-state index contributed by atoms with van der Waals surface area (Å²) >= 11 is 0. The zero-order valence-corrected chi connectivity index (χ0v) is 12.8. The predicted molar refractivity (Wildman–Crippen MR) is 81.6 cm³/mol. The minimum Gasteiger partial charge on any atom is -0.497 e. The Hall–Kier alpha value is -1.26. The van der Waals surface area contributed by atoms with Gasteiger partial charge in [-0.15, -0.1) is 0 Å². The zero-order valence-electron chi connectivity index (χ0n) is 12.8. The van der Waals surface area contributed by atoms with Crippen molar-refractivity contribution in [2.45, 2.75) is 31.8 Å². The van der Waals surface area contributed by atoms with Gasteiger partial charge in [0.15, 0.2) is 0 Å². The van der Waals surface area contributed by atoms with Gasteiger partial charge in [-0.3, -0.25) is 0 Å². The van der Waals surface area contributed by atoms with E-state index in [0.717, 1.165) is 18.0 Å². The Bertz CT molecular complexity index is 394. The van der Waals surface area contributed by atoms with Gasteiger partial charge in [0, 0.05) is 18.6 Å². The van der Waals surface area contributed by atoms with Crippen LogP contribution in [0.2, 0.25) is 0 Å². The van der Waals surface area contributed by atoms with Crippen LogP contribution in [0.4, 0.5) is 0 Å². The summed E-state index contributed by atoms with van der Waals surface area (Å²) in [5.41, 5.74) is 0. The summed E-state index contributed by atoms with van der Waals surface area (Å²) in [6.07, 6.45) is 2.45. The highest BCUT2D eigenvalue weighted by atomic mass is 16.5. The SMILES string of the molecule is COc1ccc(OCCNC2CCN(C)C(C)C2)cc1. The highest BCUT2D eigenvalue weighted by Gasteiger charge is 2.21.